The highest BCUT2D eigenvalue weighted by atomic mass is 14.9. The number of para-hydroxylation sites is 1. The molecule has 0 aromatic heterocycles. The quantitative estimate of drug-likeness (QED) is 0.684. The predicted octanol–water partition coefficient (Wildman–Crippen LogP) is 4.17. The highest BCUT2D eigenvalue weighted by Crippen LogP contribution is 2.43. The first-order valence-electron chi connectivity index (χ1n) is 6.24. The van der Waals surface area contributed by atoms with Gasteiger partial charge in [0.25, 0.3) is 0 Å². The standard InChI is InChI=1S/C14H21N/c1-2-3-6-11-15-14-8-5-4-7-13(14)12-9-10-12/h4-5,7-8,12,15H,2-3,6,9-11H2,1H3. The number of benzene rings is 1. The van der Waals surface area contributed by atoms with Crippen molar-refractivity contribution in [1.82, 2.24) is 0 Å². The summed E-state index contributed by atoms with van der Waals surface area (Å²) in [5, 5.41) is 3.57. The Labute approximate surface area is 92.9 Å². The number of hydrogen-bond acceptors (Lipinski definition) is 1. The van der Waals surface area contributed by atoms with Gasteiger partial charge in [-0.25, -0.2) is 0 Å². The van der Waals surface area contributed by atoms with Crippen LogP contribution >= 0.6 is 0 Å². The van der Waals surface area contributed by atoms with Crippen molar-refractivity contribution in [3.8, 4) is 0 Å². The van der Waals surface area contributed by atoms with Gasteiger partial charge in [-0.2, -0.15) is 0 Å². The molecule has 0 atom stereocenters. The number of anilines is 1. The molecular weight excluding hydrogens is 182 g/mol. The van der Waals surface area contributed by atoms with E-state index in [0.717, 1.165) is 12.5 Å². The highest BCUT2D eigenvalue weighted by Gasteiger charge is 2.25. The molecule has 82 valence electrons. The summed E-state index contributed by atoms with van der Waals surface area (Å²) in [6, 6.07) is 8.79. The van der Waals surface area contributed by atoms with Crippen molar-refractivity contribution in [1.29, 1.82) is 0 Å². The molecule has 15 heavy (non-hydrogen) atoms. The van der Waals surface area contributed by atoms with Gasteiger partial charge in [-0.3, -0.25) is 0 Å². The predicted molar refractivity (Wildman–Crippen MR) is 66.4 cm³/mol. The third-order valence-corrected chi connectivity index (χ3v) is 3.07. The largest absolute Gasteiger partial charge is 0.385 e. The maximum absolute atomic E-state index is 3.57. The molecule has 0 aliphatic heterocycles. The van der Waals surface area contributed by atoms with E-state index in [1.165, 1.54) is 43.4 Å². The summed E-state index contributed by atoms with van der Waals surface area (Å²) in [7, 11) is 0. The molecule has 1 saturated carbocycles. The Morgan fingerprint density at radius 1 is 1.20 bits per heavy atom. The summed E-state index contributed by atoms with van der Waals surface area (Å²) in [5.41, 5.74) is 2.91. The van der Waals surface area contributed by atoms with E-state index < -0.39 is 0 Å². The molecule has 0 unspecified atom stereocenters. The molecular formula is C14H21N. The lowest BCUT2D eigenvalue weighted by atomic mass is 10.1. The number of nitrogens with one attached hydrogen (secondary N) is 1. The first-order chi connectivity index (χ1) is 7.42. The van der Waals surface area contributed by atoms with Crippen LogP contribution in [0.5, 0.6) is 0 Å². The number of rotatable bonds is 6. The first kappa shape index (κ1) is 10.5. The molecule has 0 heterocycles. The van der Waals surface area contributed by atoms with E-state index in [1.54, 1.807) is 0 Å². The molecule has 1 N–H and O–H groups in total. The lowest BCUT2D eigenvalue weighted by Gasteiger charge is -2.10. The van der Waals surface area contributed by atoms with E-state index in [9.17, 15) is 0 Å². The van der Waals surface area contributed by atoms with E-state index in [1.807, 2.05) is 0 Å². The zero-order chi connectivity index (χ0) is 10.5. The summed E-state index contributed by atoms with van der Waals surface area (Å²) in [6.45, 7) is 3.37. The van der Waals surface area contributed by atoms with Gasteiger partial charge in [-0.1, -0.05) is 38.0 Å². The molecule has 0 saturated heterocycles. The van der Waals surface area contributed by atoms with Crippen LogP contribution in [0.4, 0.5) is 5.69 Å². The second-order valence-corrected chi connectivity index (χ2v) is 4.50. The highest BCUT2D eigenvalue weighted by molar-refractivity contribution is 5.54. The van der Waals surface area contributed by atoms with E-state index in [-0.39, 0.29) is 0 Å². The van der Waals surface area contributed by atoms with Crippen molar-refractivity contribution >= 4 is 5.69 Å². The fourth-order valence-electron chi connectivity index (χ4n) is 2.01. The Kier molecular flexibility index (Phi) is 3.65. The number of hydrogen-bond donors (Lipinski definition) is 1. The van der Waals surface area contributed by atoms with Crippen LogP contribution in [0, 0.1) is 0 Å². The minimum Gasteiger partial charge on any atom is -0.385 e. The monoisotopic (exact) mass is 203 g/mol. The van der Waals surface area contributed by atoms with Gasteiger partial charge < -0.3 is 5.32 Å². The summed E-state index contributed by atoms with van der Waals surface area (Å²) < 4.78 is 0. The maximum atomic E-state index is 3.57. The third-order valence-electron chi connectivity index (χ3n) is 3.07. The second kappa shape index (κ2) is 5.20. The molecule has 1 aliphatic carbocycles. The van der Waals surface area contributed by atoms with Crippen molar-refractivity contribution in [3.63, 3.8) is 0 Å². The van der Waals surface area contributed by atoms with Crippen LogP contribution in [-0.2, 0) is 0 Å². The molecule has 0 radical (unpaired) electrons. The fourth-order valence-corrected chi connectivity index (χ4v) is 2.01. The topological polar surface area (TPSA) is 12.0 Å². The smallest absolute Gasteiger partial charge is 0.0375 e. The molecule has 2 rings (SSSR count). The Balaban J connectivity index is 1.89. The Morgan fingerprint density at radius 2 is 2.00 bits per heavy atom. The normalized spacial score (nSPS) is 15.3. The van der Waals surface area contributed by atoms with Gasteiger partial charge in [-0.05, 0) is 36.8 Å². The molecule has 0 amide bonds. The summed E-state index contributed by atoms with van der Waals surface area (Å²) in [4.78, 5) is 0. The Bertz CT molecular complexity index is 302. The van der Waals surface area contributed by atoms with Crippen molar-refractivity contribution in [2.75, 3.05) is 11.9 Å². The van der Waals surface area contributed by atoms with E-state index in [4.69, 9.17) is 0 Å². The Morgan fingerprint density at radius 3 is 2.73 bits per heavy atom. The minimum absolute atomic E-state index is 0.847. The summed E-state index contributed by atoms with van der Waals surface area (Å²) in [5.74, 6) is 0.847. The van der Waals surface area contributed by atoms with Gasteiger partial charge in [0.2, 0.25) is 0 Å². The van der Waals surface area contributed by atoms with Crippen molar-refractivity contribution in [3.05, 3.63) is 29.8 Å². The summed E-state index contributed by atoms with van der Waals surface area (Å²) in [6.07, 6.45) is 6.68. The summed E-state index contributed by atoms with van der Waals surface area (Å²) >= 11 is 0. The van der Waals surface area contributed by atoms with Gasteiger partial charge in [0.15, 0.2) is 0 Å². The van der Waals surface area contributed by atoms with Crippen molar-refractivity contribution < 1.29 is 0 Å². The molecule has 1 aromatic rings. The van der Waals surface area contributed by atoms with E-state index >= 15 is 0 Å². The Hall–Kier alpha value is -0.980. The molecule has 1 aliphatic rings. The minimum atomic E-state index is 0.847. The van der Waals surface area contributed by atoms with Gasteiger partial charge in [-0.15, -0.1) is 0 Å². The van der Waals surface area contributed by atoms with Crippen molar-refractivity contribution in [2.24, 2.45) is 0 Å². The molecule has 0 bridgehead atoms. The second-order valence-electron chi connectivity index (χ2n) is 4.50. The lowest BCUT2D eigenvalue weighted by molar-refractivity contribution is 0.743. The molecule has 1 aromatic carbocycles. The zero-order valence-electron chi connectivity index (χ0n) is 9.63. The van der Waals surface area contributed by atoms with Crippen LogP contribution < -0.4 is 5.32 Å². The fraction of sp³-hybridized carbons (Fsp3) is 0.571. The van der Waals surface area contributed by atoms with Crippen LogP contribution in [0.1, 0.15) is 50.5 Å². The van der Waals surface area contributed by atoms with Crippen LogP contribution in [0.15, 0.2) is 24.3 Å². The van der Waals surface area contributed by atoms with Crippen LogP contribution in [0.3, 0.4) is 0 Å². The van der Waals surface area contributed by atoms with Gasteiger partial charge in [0.05, 0.1) is 0 Å². The average Bonchev–Trinajstić information content (AvgIpc) is 3.09. The first-order valence-corrected chi connectivity index (χ1v) is 6.24. The molecule has 1 fully saturated rings. The number of unbranched alkanes of at least 4 members (excludes halogenated alkanes) is 2. The lowest BCUT2D eigenvalue weighted by Crippen LogP contribution is -2.03. The van der Waals surface area contributed by atoms with Crippen molar-refractivity contribution in [2.45, 2.75) is 44.9 Å². The van der Waals surface area contributed by atoms with Gasteiger partial charge in [0.1, 0.15) is 0 Å². The van der Waals surface area contributed by atoms with Crippen LogP contribution in [-0.4, -0.2) is 6.54 Å². The molecule has 1 nitrogen and oxygen atoms in total. The van der Waals surface area contributed by atoms with Crippen LogP contribution in [0.2, 0.25) is 0 Å². The van der Waals surface area contributed by atoms with E-state index in [0.29, 0.717) is 0 Å². The maximum Gasteiger partial charge on any atom is 0.0375 e. The zero-order valence-corrected chi connectivity index (χ0v) is 9.63. The average molecular weight is 203 g/mol. The SMILES string of the molecule is CCCCCNc1ccccc1C1CC1. The molecule has 1 heteroatoms. The molecule has 0 spiro atoms. The third kappa shape index (κ3) is 2.98. The van der Waals surface area contributed by atoms with Gasteiger partial charge >= 0.3 is 0 Å². The van der Waals surface area contributed by atoms with Crippen LogP contribution in [0.25, 0.3) is 0 Å². The van der Waals surface area contributed by atoms with E-state index in [2.05, 4.69) is 36.5 Å². The van der Waals surface area contributed by atoms with Gasteiger partial charge in [0, 0.05) is 12.2 Å².